The highest BCUT2D eigenvalue weighted by Crippen LogP contribution is 2.28. The smallest absolute Gasteiger partial charge is 0.243 e. The van der Waals surface area contributed by atoms with E-state index in [1.54, 1.807) is 16.4 Å². The van der Waals surface area contributed by atoms with Gasteiger partial charge in [0.1, 0.15) is 0 Å². The fourth-order valence-electron chi connectivity index (χ4n) is 2.81. The number of nitrogens with zero attached hydrogens (tertiary/aromatic N) is 1. The topological polar surface area (TPSA) is 54.5 Å². The summed E-state index contributed by atoms with van der Waals surface area (Å²) in [6.45, 7) is 3.83. The van der Waals surface area contributed by atoms with Crippen LogP contribution in [0.2, 0.25) is 0 Å². The van der Waals surface area contributed by atoms with Crippen molar-refractivity contribution in [3.05, 3.63) is 29.8 Å². The van der Waals surface area contributed by atoms with Gasteiger partial charge in [0.15, 0.2) is 5.78 Å². The van der Waals surface area contributed by atoms with E-state index in [0.717, 1.165) is 25.7 Å². The Labute approximate surface area is 120 Å². The molecule has 5 heteroatoms. The first-order valence-corrected chi connectivity index (χ1v) is 8.53. The number of sulfonamides is 1. The monoisotopic (exact) mass is 295 g/mol. The molecule has 20 heavy (non-hydrogen) atoms. The summed E-state index contributed by atoms with van der Waals surface area (Å²) in [6, 6.07) is 6.35. The van der Waals surface area contributed by atoms with Crippen LogP contribution in [0.25, 0.3) is 0 Å². The predicted molar refractivity (Wildman–Crippen MR) is 78.3 cm³/mol. The van der Waals surface area contributed by atoms with Crippen LogP contribution < -0.4 is 0 Å². The van der Waals surface area contributed by atoms with Crippen LogP contribution >= 0.6 is 0 Å². The molecule has 1 aromatic rings. The molecule has 4 nitrogen and oxygen atoms in total. The van der Waals surface area contributed by atoms with Gasteiger partial charge in [0, 0.05) is 18.2 Å². The number of ketones is 1. The van der Waals surface area contributed by atoms with Gasteiger partial charge in [0.2, 0.25) is 10.0 Å². The number of rotatable bonds is 5. The molecule has 1 aromatic carbocycles. The van der Waals surface area contributed by atoms with Crippen LogP contribution in [0.15, 0.2) is 29.2 Å². The number of benzene rings is 1. The van der Waals surface area contributed by atoms with E-state index in [2.05, 4.69) is 0 Å². The molecule has 0 aromatic heterocycles. The highest BCUT2D eigenvalue weighted by Gasteiger charge is 2.31. The maximum Gasteiger partial charge on any atom is 0.243 e. The molecule has 0 saturated heterocycles. The van der Waals surface area contributed by atoms with Crippen molar-refractivity contribution in [3.63, 3.8) is 0 Å². The first-order chi connectivity index (χ1) is 9.46. The van der Waals surface area contributed by atoms with Gasteiger partial charge in [0.05, 0.1) is 4.90 Å². The molecule has 110 valence electrons. The summed E-state index contributed by atoms with van der Waals surface area (Å²) >= 11 is 0. The van der Waals surface area contributed by atoms with Crippen molar-refractivity contribution >= 4 is 15.8 Å². The van der Waals surface area contributed by atoms with Crippen LogP contribution in [-0.2, 0) is 10.0 Å². The first-order valence-electron chi connectivity index (χ1n) is 7.09. The van der Waals surface area contributed by atoms with Crippen LogP contribution in [0.3, 0.4) is 0 Å². The average molecular weight is 295 g/mol. The summed E-state index contributed by atoms with van der Waals surface area (Å²) in [6.07, 6.45) is 4.08. The zero-order valence-corrected chi connectivity index (χ0v) is 12.8. The van der Waals surface area contributed by atoms with E-state index in [1.807, 2.05) is 6.92 Å². The molecule has 0 amide bonds. The van der Waals surface area contributed by atoms with E-state index in [1.165, 1.54) is 19.1 Å². The Morgan fingerprint density at radius 1 is 1.20 bits per heavy atom. The molecule has 0 unspecified atom stereocenters. The van der Waals surface area contributed by atoms with Gasteiger partial charge in [-0.2, -0.15) is 4.31 Å². The Morgan fingerprint density at radius 3 is 2.20 bits per heavy atom. The highest BCUT2D eigenvalue weighted by atomic mass is 32.2. The van der Waals surface area contributed by atoms with Gasteiger partial charge in [-0.1, -0.05) is 31.9 Å². The SMILES string of the molecule is CCN(C1CCCC1)S(=O)(=O)c1ccc(C(C)=O)cc1. The lowest BCUT2D eigenvalue weighted by Gasteiger charge is -2.26. The molecule has 0 radical (unpaired) electrons. The Kier molecular flexibility index (Phi) is 4.60. The maximum atomic E-state index is 12.7. The van der Waals surface area contributed by atoms with Gasteiger partial charge < -0.3 is 0 Å². The maximum absolute atomic E-state index is 12.7. The van der Waals surface area contributed by atoms with Crippen molar-refractivity contribution in [2.45, 2.75) is 50.5 Å². The summed E-state index contributed by atoms with van der Waals surface area (Å²) < 4.78 is 26.9. The highest BCUT2D eigenvalue weighted by molar-refractivity contribution is 7.89. The fraction of sp³-hybridized carbons (Fsp3) is 0.533. The minimum absolute atomic E-state index is 0.0583. The minimum Gasteiger partial charge on any atom is -0.295 e. The van der Waals surface area contributed by atoms with E-state index in [-0.39, 0.29) is 16.7 Å². The van der Waals surface area contributed by atoms with E-state index in [4.69, 9.17) is 0 Å². The molecule has 0 spiro atoms. The summed E-state index contributed by atoms with van der Waals surface area (Å²) in [5.41, 5.74) is 0.535. The van der Waals surface area contributed by atoms with Gasteiger partial charge in [-0.05, 0) is 31.9 Å². The minimum atomic E-state index is -3.45. The summed E-state index contributed by atoms with van der Waals surface area (Å²) in [5, 5.41) is 0. The zero-order valence-electron chi connectivity index (χ0n) is 12.0. The van der Waals surface area contributed by atoms with Gasteiger partial charge in [-0.3, -0.25) is 4.79 Å². The van der Waals surface area contributed by atoms with Crippen molar-refractivity contribution in [2.24, 2.45) is 0 Å². The molecule has 0 N–H and O–H groups in total. The molecule has 0 atom stereocenters. The summed E-state index contributed by atoms with van der Waals surface area (Å²) in [5.74, 6) is -0.0583. The number of hydrogen-bond donors (Lipinski definition) is 0. The summed E-state index contributed by atoms with van der Waals surface area (Å²) in [7, 11) is -3.45. The number of Topliss-reactive ketones (excluding diaryl/α,β-unsaturated/α-hetero) is 1. The lowest BCUT2D eigenvalue weighted by atomic mass is 10.2. The third-order valence-electron chi connectivity index (χ3n) is 3.91. The van der Waals surface area contributed by atoms with Gasteiger partial charge >= 0.3 is 0 Å². The Balaban J connectivity index is 2.30. The van der Waals surface area contributed by atoms with Crippen molar-refractivity contribution in [2.75, 3.05) is 6.54 Å². The van der Waals surface area contributed by atoms with Gasteiger partial charge in [-0.25, -0.2) is 8.42 Å². The number of carbonyl (C=O) groups is 1. The molecule has 1 fully saturated rings. The molecule has 1 saturated carbocycles. The van der Waals surface area contributed by atoms with Crippen LogP contribution in [-0.4, -0.2) is 31.1 Å². The normalized spacial score (nSPS) is 16.8. The second kappa shape index (κ2) is 6.06. The van der Waals surface area contributed by atoms with Crippen LogP contribution in [0.1, 0.15) is 49.9 Å². The Hall–Kier alpha value is -1.20. The molecular formula is C15H21NO3S. The van der Waals surface area contributed by atoms with Crippen molar-refractivity contribution in [3.8, 4) is 0 Å². The van der Waals surface area contributed by atoms with Crippen LogP contribution in [0.4, 0.5) is 0 Å². The van der Waals surface area contributed by atoms with E-state index >= 15 is 0 Å². The third-order valence-corrected chi connectivity index (χ3v) is 5.95. The van der Waals surface area contributed by atoms with E-state index in [0.29, 0.717) is 12.1 Å². The molecule has 1 aliphatic carbocycles. The standard InChI is InChI=1S/C15H21NO3S/c1-3-16(14-6-4-5-7-14)20(18,19)15-10-8-13(9-11-15)12(2)17/h8-11,14H,3-7H2,1-2H3. The number of carbonyl (C=O) groups excluding carboxylic acids is 1. The van der Waals surface area contributed by atoms with Crippen molar-refractivity contribution < 1.29 is 13.2 Å². The van der Waals surface area contributed by atoms with Crippen LogP contribution in [0.5, 0.6) is 0 Å². The van der Waals surface area contributed by atoms with Crippen molar-refractivity contribution in [1.82, 2.24) is 4.31 Å². The quantitative estimate of drug-likeness (QED) is 0.785. The van der Waals surface area contributed by atoms with E-state index in [9.17, 15) is 13.2 Å². The molecular weight excluding hydrogens is 274 g/mol. The molecule has 1 aliphatic rings. The summed E-state index contributed by atoms with van der Waals surface area (Å²) in [4.78, 5) is 11.5. The second-order valence-electron chi connectivity index (χ2n) is 5.23. The lowest BCUT2D eigenvalue weighted by Crippen LogP contribution is -2.38. The first kappa shape index (κ1) is 15.2. The zero-order chi connectivity index (χ0) is 14.8. The predicted octanol–water partition coefficient (Wildman–Crippen LogP) is 2.84. The van der Waals surface area contributed by atoms with Gasteiger partial charge in [-0.15, -0.1) is 0 Å². The average Bonchev–Trinajstić information content (AvgIpc) is 2.93. The lowest BCUT2D eigenvalue weighted by molar-refractivity contribution is 0.101. The molecule has 0 aliphatic heterocycles. The molecule has 2 rings (SSSR count). The number of hydrogen-bond acceptors (Lipinski definition) is 3. The molecule has 0 heterocycles. The largest absolute Gasteiger partial charge is 0.295 e. The Morgan fingerprint density at radius 2 is 1.75 bits per heavy atom. The Bertz CT molecular complexity index is 572. The van der Waals surface area contributed by atoms with E-state index < -0.39 is 10.0 Å². The van der Waals surface area contributed by atoms with Crippen LogP contribution in [0, 0.1) is 0 Å². The molecule has 0 bridgehead atoms. The van der Waals surface area contributed by atoms with Gasteiger partial charge in [0.25, 0.3) is 0 Å². The second-order valence-corrected chi connectivity index (χ2v) is 7.12. The fourth-order valence-corrected chi connectivity index (χ4v) is 4.51. The van der Waals surface area contributed by atoms with Crippen molar-refractivity contribution in [1.29, 1.82) is 0 Å². The third kappa shape index (κ3) is 2.94.